The van der Waals surface area contributed by atoms with Crippen LogP contribution in [0.3, 0.4) is 0 Å². The Labute approximate surface area is 132 Å². The lowest BCUT2D eigenvalue weighted by Crippen LogP contribution is -2.36. The van der Waals surface area contributed by atoms with E-state index in [9.17, 15) is 14.7 Å². The van der Waals surface area contributed by atoms with E-state index < -0.39 is 17.8 Å². The first-order valence-corrected chi connectivity index (χ1v) is 8.15. The number of hydrogen-bond donors (Lipinski definition) is 2. The van der Waals surface area contributed by atoms with Crippen LogP contribution in [0.2, 0.25) is 0 Å². The van der Waals surface area contributed by atoms with E-state index in [1.165, 1.54) is 11.3 Å². The predicted octanol–water partition coefficient (Wildman–Crippen LogP) is 2.30. The second-order valence-electron chi connectivity index (χ2n) is 6.99. The van der Waals surface area contributed by atoms with Gasteiger partial charge >= 0.3 is 5.97 Å². The summed E-state index contributed by atoms with van der Waals surface area (Å²) in [5, 5.41) is 21.5. The van der Waals surface area contributed by atoms with Crippen molar-refractivity contribution in [1.29, 1.82) is 0 Å². The lowest BCUT2D eigenvalue weighted by Gasteiger charge is -2.23. The van der Waals surface area contributed by atoms with Crippen LogP contribution in [0.5, 0.6) is 0 Å². The highest BCUT2D eigenvalue weighted by molar-refractivity contribution is 7.15. The Morgan fingerprint density at radius 2 is 1.86 bits per heavy atom. The van der Waals surface area contributed by atoms with E-state index >= 15 is 0 Å². The summed E-state index contributed by atoms with van der Waals surface area (Å²) in [6.45, 7) is 6.08. The second-order valence-corrected chi connectivity index (χ2v) is 7.97. The number of rotatable bonds is 3. The summed E-state index contributed by atoms with van der Waals surface area (Å²) in [6.07, 6.45) is 4.64. The molecule has 0 aromatic carbocycles. The third-order valence-electron chi connectivity index (χ3n) is 4.34. The van der Waals surface area contributed by atoms with Crippen LogP contribution in [0, 0.1) is 23.7 Å². The van der Waals surface area contributed by atoms with Crippen molar-refractivity contribution in [1.82, 2.24) is 10.2 Å². The molecule has 1 amide bonds. The van der Waals surface area contributed by atoms with Gasteiger partial charge in [0.25, 0.3) is 0 Å². The molecule has 0 aliphatic heterocycles. The van der Waals surface area contributed by atoms with E-state index in [0.29, 0.717) is 5.13 Å². The highest BCUT2D eigenvalue weighted by Gasteiger charge is 2.51. The molecular weight excluding hydrogens is 302 g/mol. The number of carboxylic acid groups (broad SMARTS) is 1. The number of anilines is 1. The zero-order valence-corrected chi connectivity index (χ0v) is 13.6. The van der Waals surface area contributed by atoms with Gasteiger partial charge < -0.3 is 10.4 Å². The summed E-state index contributed by atoms with van der Waals surface area (Å²) in [5.41, 5.74) is -0.126. The Kier molecular flexibility index (Phi) is 3.55. The minimum atomic E-state index is -0.898. The summed E-state index contributed by atoms with van der Waals surface area (Å²) in [4.78, 5) is 24.0. The molecule has 0 radical (unpaired) electrons. The Bertz CT molecular complexity index is 647. The molecule has 0 saturated heterocycles. The second kappa shape index (κ2) is 5.15. The molecule has 2 aliphatic rings. The van der Waals surface area contributed by atoms with Gasteiger partial charge in [0.15, 0.2) is 0 Å². The minimum absolute atomic E-state index is 0.0149. The third kappa shape index (κ3) is 2.54. The van der Waals surface area contributed by atoms with Crippen molar-refractivity contribution < 1.29 is 14.7 Å². The average molecular weight is 321 g/mol. The third-order valence-corrected chi connectivity index (χ3v) is 5.61. The quantitative estimate of drug-likeness (QED) is 0.833. The van der Waals surface area contributed by atoms with Gasteiger partial charge in [0.1, 0.15) is 5.01 Å². The summed E-state index contributed by atoms with van der Waals surface area (Å²) < 4.78 is 0. The molecule has 4 atom stereocenters. The van der Waals surface area contributed by atoms with Crippen molar-refractivity contribution in [3.8, 4) is 0 Å². The molecule has 6 nitrogen and oxygen atoms in total. The fourth-order valence-electron chi connectivity index (χ4n) is 3.28. The standard InChI is InChI=1S/C15H19N3O3S/c1-15(2,3)13-17-18-14(22-13)16-11(19)9-7-4-5-8(6-7)10(9)12(20)21/h4-5,7-10H,6H2,1-3H3,(H,20,21)(H,16,18,19). The van der Waals surface area contributed by atoms with Crippen molar-refractivity contribution in [2.24, 2.45) is 23.7 Å². The largest absolute Gasteiger partial charge is 0.481 e. The van der Waals surface area contributed by atoms with E-state index in [2.05, 4.69) is 15.5 Å². The topological polar surface area (TPSA) is 92.2 Å². The maximum atomic E-state index is 12.5. The fourth-order valence-corrected chi connectivity index (χ4v) is 4.09. The van der Waals surface area contributed by atoms with Gasteiger partial charge in [-0.25, -0.2) is 0 Å². The lowest BCUT2D eigenvalue weighted by molar-refractivity contribution is -0.146. The number of carbonyl (C=O) groups is 2. The Balaban J connectivity index is 1.76. The van der Waals surface area contributed by atoms with Crippen LogP contribution in [0.1, 0.15) is 32.2 Å². The van der Waals surface area contributed by atoms with E-state index in [1.54, 1.807) is 0 Å². The molecule has 1 heterocycles. The van der Waals surface area contributed by atoms with Crippen molar-refractivity contribution in [2.75, 3.05) is 5.32 Å². The molecule has 0 spiro atoms. The summed E-state index contributed by atoms with van der Waals surface area (Å²) >= 11 is 1.34. The van der Waals surface area contributed by atoms with Crippen LogP contribution in [0.25, 0.3) is 0 Å². The van der Waals surface area contributed by atoms with E-state index in [1.807, 2.05) is 32.9 Å². The van der Waals surface area contributed by atoms with Crippen LogP contribution in [-0.2, 0) is 15.0 Å². The number of hydrogen-bond acceptors (Lipinski definition) is 5. The minimum Gasteiger partial charge on any atom is -0.481 e. The molecule has 1 saturated carbocycles. The monoisotopic (exact) mass is 321 g/mol. The summed E-state index contributed by atoms with van der Waals surface area (Å²) in [7, 11) is 0. The molecule has 2 bridgehead atoms. The van der Waals surface area contributed by atoms with Gasteiger partial charge in [-0.1, -0.05) is 44.3 Å². The highest BCUT2D eigenvalue weighted by atomic mass is 32.1. The molecule has 3 rings (SSSR count). The highest BCUT2D eigenvalue weighted by Crippen LogP contribution is 2.48. The fraction of sp³-hybridized carbons (Fsp3) is 0.600. The number of allylic oxidation sites excluding steroid dienone is 2. The number of amides is 1. The van der Waals surface area contributed by atoms with Crippen LogP contribution in [0.4, 0.5) is 5.13 Å². The first-order valence-electron chi connectivity index (χ1n) is 7.33. The number of fused-ring (bicyclic) bond motifs is 2. The molecule has 7 heteroatoms. The number of nitrogens with zero attached hydrogens (tertiary/aromatic N) is 2. The Morgan fingerprint density at radius 3 is 2.41 bits per heavy atom. The lowest BCUT2D eigenvalue weighted by atomic mass is 9.82. The average Bonchev–Trinajstić information content (AvgIpc) is 3.11. The van der Waals surface area contributed by atoms with Crippen molar-refractivity contribution in [3.63, 3.8) is 0 Å². The molecule has 1 aromatic rings. The maximum Gasteiger partial charge on any atom is 0.307 e. The first-order chi connectivity index (χ1) is 10.3. The number of aliphatic carboxylic acids is 1. The van der Waals surface area contributed by atoms with E-state index in [0.717, 1.165) is 11.4 Å². The van der Waals surface area contributed by atoms with E-state index in [-0.39, 0.29) is 23.2 Å². The SMILES string of the molecule is CC(C)(C)c1nnc(NC(=O)C2C3C=CC(C3)C2C(=O)O)s1. The molecule has 1 fully saturated rings. The molecule has 2 aliphatic carbocycles. The number of nitrogens with one attached hydrogen (secondary N) is 1. The Hall–Kier alpha value is -1.76. The van der Waals surface area contributed by atoms with E-state index in [4.69, 9.17) is 0 Å². The van der Waals surface area contributed by atoms with Gasteiger partial charge in [0.2, 0.25) is 11.0 Å². The van der Waals surface area contributed by atoms with Crippen LogP contribution in [0.15, 0.2) is 12.2 Å². The zero-order chi connectivity index (χ0) is 16.1. The van der Waals surface area contributed by atoms with Gasteiger partial charge in [-0.3, -0.25) is 9.59 Å². The molecular formula is C15H19N3O3S. The number of aromatic nitrogens is 2. The van der Waals surface area contributed by atoms with Crippen molar-refractivity contribution in [3.05, 3.63) is 17.2 Å². The zero-order valence-electron chi connectivity index (χ0n) is 12.7. The first kappa shape index (κ1) is 15.1. The number of carboxylic acids is 1. The maximum absolute atomic E-state index is 12.5. The van der Waals surface area contributed by atoms with Gasteiger partial charge in [-0.2, -0.15) is 0 Å². The van der Waals surface area contributed by atoms with Crippen molar-refractivity contribution in [2.45, 2.75) is 32.6 Å². The Morgan fingerprint density at radius 1 is 1.23 bits per heavy atom. The predicted molar refractivity (Wildman–Crippen MR) is 82.6 cm³/mol. The summed E-state index contributed by atoms with van der Waals surface area (Å²) in [6, 6.07) is 0. The van der Waals surface area contributed by atoms with Crippen LogP contribution >= 0.6 is 11.3 Å². The van der Waals surface area contributed by atoms with Crippen molar-refractivity contribution >= 4 is 28.3 Å². The molecule has 118 valence electrons. The normalized spacial score (nSPS) is 29.8. The van der Waals surface area contributed by atoms with Gasteiger partial charge in [0.05, 0.1) is 11.8 Å². The van der Waals surface area contributed by atoms with Gasteiger partial charge in [0, 0.05) is 5.41 Å². The number of carbonyl (C=O) groups excluding carboxylic acids is 1. The molecule has 4 unspecified atom stereocenters. The van der Waals surface area contributed by atoms with Gasteiger partial charge in [-0.05, 0) is 18.3 Å². The van der Waals surface area contributed by atoms with Crippen LogP contribution < -0.4 is 5.32 Å². The molecule has 2 N–H and O–H groups in total. The molecule has 1 aromatic heterocycles. The summed E-state index contributed by atoms with van der Waals surface area (Å²) in [5.74, 6) is -2.33. The van der Waals surface area contributed by atoms with Gasteiger partial charge in [-0.15, -0.1) is 10.2 Å². The molecule has 22 heavy (non-hydrogen) atoms. The van der Waals surface area contributed by atoms with Crippen LogP contribution in [-0.4, -0.2) is 27.2 Å². The smallest absolute Gasteiger partial charge is 0.307 e.